The van der Waals surface area contributed by atoms with Crippen molar-refractivity contribution in [2.24, 2.45) is 0 Å². The second-order valence-electron chi connectivity index (χ2n) is 2.35. The first-order chi connectivity index (χ1) is 6.06. The molecule has 0 spiro atoms. The summed E-state index contributed by atoms with van der Waals surface area (Å²) in [5.41, 5.74) is 9.64. The highest BCUT2D eigenvalue weighted by Gasteiger charge is 2.13. The van der Waals surface area contributed by atoms with Crippen molar-refractivity contribution >= 4 is 17.7 Å². The molecule has 1 aromatic rings. The van der Waals surface area contributed by atoms with Gasteiger partial charge in [0.05, 0.1) is 11.4 Å². The fourth-order valence-corrected chi connectivity index (χ4v) is 0.818. The Hall–Kier alpha value is -1.72. The number of aromatic nitrogens is 1. The van der Waals surface area contributed by atoms with E-state index in [1.165, 1.54) is 0 Å². The molecule has 13 heavy (non-hydrogen) atoms. The summed E-state index contributed by atoms with van der Waals surface area (Å²) in [6.07, 6.45) is -2.47. The maximum atomic E-state index is 12.1. The zero-order chi connectivity index (χ0) is 10.0. The van der Waals surface area contributed by atoms with Gasteiger partial charge in [-0.15, -0.1) is 0 Å². The zero-order valence-corrected chi connectivity index (χ0v) is 6.50. The van der Waals surface area contributed by atoms with E-state index in [1.54, 1.807) is 0 Å². The Morgan fingerprint density at radius 2 is 2.08 bits per heavy atom. The number of nitrogens with zero attached hydrogens (tertiary/aromatic N) is 1. The summed E-state index contributed by atoms with van der Waals surface area (Å²) in [4.78, 5) is 13.6. The summed E-state index contributed by atoms with van der Waals surface area (Å²) in [6.45, 7) is 0. The number of carbonyl (C=O) groups is 1. The summed E-state index contributed by atoms with van der Waals surface area (Å²) >= 11 is 0. The number of nitrogens with two attached hydrogens (primary N) is 2. The molecular weight excluding hydrogens is 180 g/mol. The first kappa shape index (κ1) is 9.37. The first-order valence-electron chi connectivity index (χ1n) is 3.35. The summed E-state index contributed by atoms with van der Waals surface area (Å²) in [7, 11) is 0. The molecule has 0 aliphatic carbocycles. The third-order valence-electron chi connectivity index (χ3n) is 1.48. The molecule has 4 nitrogen and oxygen atoms in total. The van der Waals surface area contributed by atoms with Crippen molar-refractivity contribution in [2.45, 2.75) is 6.43 Å². The number of pyridine rings is 1. The Bertz CT molecular complexity index is 341. The molecule has 0 unspecified atom stereocenters. The van der Waals surface area contributed by atoms with E-state index in [2.05, 4.69) is 4.98 Å². The van der Waals surface area contributed by atoms with Crippen molar-refractivity contribution in [3.05, 3.63) is 17.5 Å². The molecule has 0 saturated heterocycles. The molecule has 0 bridgehead atoms. The zero-order valence-electron chi connectivity index (χ0n) is 6.50. The topological polar surface area (TPSA) is 82.0 Å². The van der Waals surface area contributed by atoms with Crippen molar-refractivity contribution < 1.29 is 13.6 Å². The number of rotatable bonds is 2. The number of aldehydes is 1. The standard InChI is InChI=1S/C7H7F2N3O/c8-7(9)4-1-3(10)6(11)5(2-13)12-4/h1-2,7H,11H2,(H2,10,12). The second-order valence-corrected chi connectivity index (χ2v) is 2.35. The van der Waals surface area contributed by atoms with Crippen LogP contribution in [0.1, 0.15) is 22.6 Å². The molecule has 0 aliphatic heterocycles. The van der Waals surface area contributed by atoms with E-state index in [4.69, 9.17) is 11.5 Å². The normalized spacial score (nSPS) is 10.4. The largest absolute Gasteiger partial charge is 0.397 e. The SMILES string of the molecule is Nc1cc(C(F)F)nc(C=O)c1N. The number of hydrogen-bond acceptors (Lipinski definition) is 4. The molecule has 0 fully saturated rings. The molecule has 6 heteroatoms. The van der Waals surface area contributed by atoms with Crippen LogP contribution in [0.3, 0.4) is 0 Å². The van der Waals surface area contributed by atoms with Crippen LogP contribution >= 0.6 is 0 Å². The summed E-state index contributed by atoms with van der Waals surface area (Å²) in [5, 5.41) is 0. The predicted octanol–water partition coefficient (Wildman–Crippen LogP) is 0.996. The van der Waals surface area contributed by atoms with Gasteiger partial charge in [0.1, 0.15) is 11.4 Å². The van der Waals surface area contributed by atoms with E-state index < -0.39 is 12.1 Å². The lowest BCUT2D eigenvalue weighted by Gasteiger charge is -2.05. The van der Waals surface area contributed by atoms with Gasteiger partial charge in [-0.3, -0.25) is 4.79 Å². The van der Waals surface area contributed by atoms with Gasteiger partial charge in [0.15, 0.2) is 6.29 Å². The third kappa shape index (κ3) is 1.71. The Balaban J connectivity index is 3.30. The smallest absolute Gasteiger partial charge is 0.280 e. The third-order valence-corrected chi connectivity index (χ3v) is 1.48. The van der Waals surface area contributed by atoms with Crippen LogP contribution in [-0.2, 0) is 0 Å². The average Bonchev–Trinajstić information content (AvgIpc) is 2.09. The van der Waals surface area contributed by atoms with Crippen molar-refractivity contribution in [2.75, 3.05) is 11.5 Å². The van der Waals surface area contributed by atoms with Crippen molar-refractivity contribution in [3.8, 4) is 0 Å². The fourth-order valence-electron chi connectivity index (χ4n) is 0.818. The van der Waals surface area contributed by atoms with Gasteiger partial charge in [0, 0.05) is 0 Å². The molecule has 1 heterocycles. The van der Waals surface area contributed by atoms with E-state index >= 15 is 0 Å². The maximum absolute atomic E-state index is 12.1. The highest BCUT2D eigenvalue weighted by atomic mass is 19.3. The van der Waals surface area contributed by atoms with Gasteiger partial charge in [-0.25, -0.2) is 13.8 Å². The summed E-state index contributed by atoms with van der Waals surface area (Å²) in [6, 6.07) is 0.951. The van der Waals surface area contributed by atoms with E-state index in [9.17, 15) is 13.6 Å². The quantitative estimate of drug-likeness (QED) is 0.676. The van der Waals surface area contributed by atoms with E-state index in [0.29, 0.717) is 0 Å². The lowest BCUT2D eigenvalue weighted by Crippen LogP contribution is -2.05. The van der Waals surface area contributed by atoms with Crippen LogP contribution < -0.4 is 11.5 Å². The van der Waals surface area contributed by atoms with Crippen LogP contribution in [0.2, 0.25) is 0 Å². The Labute approximate surface area is 72.6 Å². The number of nitrogen functional groups attached to an aromatic ring is 2. The summed E-state index contributed by atoms with van der Waals surface area (Å²) < 4.78 is 24.2. The Morgan fingerprint density at radius 1 is 1.46 bits per heavy atom. The van der Waals surface area contributed by atoms with Crippen molar-refractivity contribution in [1.29, 1.82) is 0 Å². The predicted molar refractivity (Wildman–Crippen MR) is 43.4 cm³/mol. The molecule has 0 radical (unpaired) electrons. The minimum atomic E-state index is -2.76. The maximum Gasteiger partial charge on any atom is 0.280 e. The van der Waals surface area contributed by atoms with Gasteiger partial charge in [-0.05, 0) is 6.07 Å². The average molecular weight is 187 g/mol. The molecule has 70 valence electrons. The van der Waals surface area contributed by atoms with E-state index in [1.807, 2.05) is 0 Å². The summed E-state index contributed by atoms with van der Waals surface area (Å²) in [5.74, 6) is 0. The highest BCUT2D eigenvalue weighted by Crippen LogP contribution is 2.24. The van der Waals surface area contributed by atoms with Gasteiger partial charge in [0.2, 0.25) is 0 Å². The number of alkyl halides is 2. The second kappa shape index (κ2) is 3.34. The van der Waals surface area contributed by atoms with E-state index in [0.717, 1.165) is 6.07 Å². The van der Waals surface area contributed by atoms with Crippen LogP contribution in [0.15, 0.2) is 6.07 Å². The number of halogens is 2. The number of anilines is 2. The number of hydrogen-bond donors (Lipinski definition) is 2. The van der Waals surface area contributed by atoms with Gasteiger partial charge in [0.25, 0.3) is 6.43 Å². The molecule has 0 saturated carbocycles. The minimum Gasteiger partial charge on any atom is -0.397 e. The molecule has 0 aliphatic rings. The van der Waals surface area contributed by atoms with E-state index in [-0.39, 0.29) is 23.4 Å². The Morgan fingerprint density at radius 3 is 2.54 bits per heavy atom. The highest BCUT2D eigenvalue weighted by molar-refractivity contribution is 5.85. The molecule has 1 aromatic heterocycles. The van der Waals surface area contributed by atoms with Gasteiger partial charge in [-0.1, -0.05) is 0 Å². The molecule has 1 rings (SSSR count). The van der Waals surface area contributed by atoms with Gasteiger partial charge < -0.3 is 11.5 Å². The van der Waals surface area contributed by atoms with Crippen LogP contribution in [0.25, 0.3) is 0 Å². The first-order valence-corrected chi connectivity index (χ1v) is 3.35. The Kier molecular flexibility index (Phi) is 2.41. The minimum absolute atomic E-state index is 0.0626. The lowest BCUT2D eigenvalue weighted by atomic mass is 10.2. The molecule has 0 amide bonds. The van der Waals surface area contributed by atoms with Crippen LogP contribution in [-0.4, -0.2) is 11.3 Å². The molecule has 0 atom stereocenters. The lowest BCUT2D eigenvalue weighted by molar-refractivity contribution is 0.111. The van der Waals surface area contributed by atoms with Crippen molar-refractivity contribution in [3.63, 3.8) is 0 Å². The number of carbonyl (C=O) groups excluding carboxylic acids is 1. The van der Waals surface area contributed by atoms with Crippen LogP contribution in [0.5, 0.6) is 0 Å². The molecule has 4 N–H and O–H groups in total. The molecule has 0 aromatic carbocycles. The van der Waals surface area contributed by atoms with Gasteiger partial charge >= 0.3 is 0 Å². The van der Waals surface area contributed by atoms with Crippen LogP contribution in [0.4, 0.5) is 20.2 Å². The monoisotopic (exact) mass is 187 g/mol. The van der Waals surface area contributed by atoms with Crippen LogP contribution in [0, 0.1) is 0 Å². The fraction of sp³-hybridized carbons (Fsp3) is 0.143. The molecular formula is C7H7F2N3O. The van der Waals surface area contributed by atoms with Gasteiger partial charge in [-0.2, -0.15) is 0 Å². The van der Waals surface area contributed by atoms with Crippen molar-refractivity contribution in [1.82, 2.24) is 4.98 Å².